The van der Waals surface area contributed by atoms with Gasteiger partial charge in [-0.25, -0.2) is 0 Å². The zero-order valence-corrected chi connectivity index (χ0v) is 11.7. The fourth-order valence-electron chi connectivity index (χ4n) is 1.75. The van der Waals surface area contributed by atoms with Gasteiger partial charge in [-0.15, -0.1) is 0 Å². The Balaban J connectivity index is 2.67. The molecule has 0 aliphatic rings. The minimum Gasteiger partial charge on any atom is -0.394 e. The number of carbonyl (C=O) groups excluding carboxylic acids is 1. The SMILES string of the molecule is CC(CN(C)C(C)(C)CO)C(=O)c1ccccc1. The number of ketones is 1. The highest BCUT2D eigenvalue weighted by Gasteiger charge is 2.26. The highest BCUT2D eigenvalue weighted by atomic mass is 16.3. The van der Waals surface area contributed by atoms with Crippen LogP contribution in [0.4, 0.5) is 0 Å². The average Bonchev–Trinajstić information content (AvgIpc) is 2.38. The van der Waals surface area contributed by atoms with Crippen LogP contribution in [0.1, 0.15) is 31.1 Å². The number of rotatable bonds is 6. The second kappa shape index (κ2) is 6.12. The molecular formula is C15H23NO2. The van der Waals surface area contributed by atoms with Crippen LogP contribution in [-0.4, -0.2) is 41.5 Å². The molecule has 1 rings (SSSR count). The molecule has 0 fully saturated rings. The molecule has 0 spiro atoms. The van der Waals surface area contributed by atoms with Crippen molar-refractivity contribution in [1.82, 2.24) is 4.90 Å². The van der Waals surface area contributed by atoms with E-state index in [9.17, 15) is 9.90 Å². The third-order valence-corrected chi connectivity index (χ3v) is 3.47. The smallest absolute Gasteiger partial charge is 0.166 e. The predicted octanol–water partition coefficient (Wildman–Crippen LogP) is 2.21. The van der Waals surface area contributed by atoms with E-state index in [1.54, 1.807) is 0 Å². The van der Waals surface area contributed by atoms with Gasteiger partial charge in [0.2, 0.25) is 0 Å². The Kier molecular flexibility index (Phi) is 5.05. The van der Waals surface area contributed by atoms with E-state index >= 15 is 0 Å². The van der Waals surface area contributed by atoms with Gasteiger partial charge in [0, 0.05) is 23.6 Å². The fraction of sp³-hybridized carbons (Fsp3) is 0.533. The maximum absolute atomic E-state index is 12.2. The van der Waals surface area contributed by atoms with Gasteiger partial charge in [0.05, 0.1) is 6.61 Å². The number of Topliss-reactive ketones (excluding diaryl/α,β-unsaturated/α-hetero) is 1. The van der Waals surface area contributed by atoms with E-state index in [4.69, 9.17) is 0 Å². The Morgan fingerprint density at radius 1 is 1.33 bits per heavy atom. The largest absolute Gasteiger partial charge is 0.394 e. The molecule has 3 heteroatoms. The van der Waals surface area contributed by atoms with Crippen LogP contribution >= 0.6 is 0 Å². The number of hydrogen-bond acceptors (Lipinski definition) is 3. The Bertz CT molecular complexity index is 387. The van der Waals surface area contributed by atoms with Gasteiger partial charge in [0.1, 0.15) is 0 Å². The van der Waals surface area contributed by atoms with E-state index < -0.39 is 0 Å². The van der Waals surface area contributed by atoms with E-state index in [2.05, 4.69) is 0 Å². The summed E-state index contributed by atoms with van der Waals surface area (Å²) in [7, 11) is 1.94. The van der Waals surface area contributed by atoms with Crippen molar-refractivity contribution in [2.24, 2.45) is 5.92 Å². The maximum Gasteiger partial charge on any atom is 0.166 e. The third-order valence-electron chi connectivity index (χ3n) is 3.47. The summed E-state index contributed by atoms with van der Waals surface area (Å²) in [5, 5.41) is 9.31. The monoisotopic (exact) mass is 249 g/mol. The summed E-state index contributed by atoms with van der Waals surface area (Å²) in [4.78, 5) is 14.2. The quantitative estimate of drug-likeness (QED) is 0.786. The van der Waals surface area contributed by atoms with Gasteiger partial charge in [0.15, 0.2) is 5.78 Å². The Labute approximate surface area is 109 Å². The molecule has 0 radical (unpaired) electrons. The van der Waals surface area contributed by atoms with Crippen molar-refractivity contribution in [1.29, 1.82) is 0 Å². The zero-order valence-electron chi connectivity index (χ0n) is 11.7. The molecule has 0 bridgehead atoms. The first-order chi connectivity index (χ1) is 8.38. The van der Waals surface area contributed by atoms with Gasteiger partial charge >= 0.3 is 0 Å². The summed E-state index contributed by atoms with van der Waals surface area (Å²) in [6.45, 7) is 6.58. The number of aliphatic hydroxyl groups excluding tert-OH is 1. The molecule has 1 atom stereocenters. The molecule has 0 saturated carbocycles. The highest BCUT2D eigenvalue weighted by molar-refractivity contribution is 5.97. The van der Waals surface area contributed by atoms with Crippen LogP contribution in [0.2, 0.25) is 0 Å². The number of nitrogens with zero attached hydrogens (tertiary/aromatic N) is 1. The van der Waals surface area contributed by atoms with E-state index in [-0.39, 0.29) is 23.8 Å². The van der Waals surface area contributed by atoms with Crippen molar-refractivity contribution >= 4 is 5.78 Å². The third kappa shape index (κ3) is 3.65. The second-order valence-corrected chi connectivity index (χ2v) is 5.48. The summed E-state index contributed by atoms with van der Waals surface area (Å²) >= 11 is 0. The van der Waals surface area contributed by atoms with E-state index in [0.29, 0.717) is 6.54 Å². The molecule has 3 nitrogen and oxygen atoms in total. The maximum atomic E-state index is 12.2. The Morgan fingerprint density at radius 2 is 1.89 bits per heavy atom. The molecule has 100 valence electrons. The Morgan fingerprint density at radius 3 is 2.39 bits per heavy atom. The van der Waals surface area contributed by atoms with Crippen LogP contribution in [0.15, 0.2) is 30.3 Å². The summed E-state index contributed by atoms with van der Waals surface area (Å²) in [6.07, 6.45) is 0. The summed E-state index contributed by atoms with van der Waals surface area (Å²) in [6, 6.07) is 9.34. The average molecular weight is 249 g/mol. The van der Waals surface area contributed by atoms with Crippen LogP contribution in [0.3, 0.4) is 0 Å². The number of likely N-dealkylation sites (N-methyl/N-ethyl adjacent to an activating group) is 1. The van der Waals surface area contributed by atoms with Gasteiger partial charge in [-0.2, -0.15) is 0 Å². The summed E-state index contributed by atoms with van der Waals surface area (Å²) in [5.74, 6) is 0.0689. The van der Waals surface area contributed by atoms with E-state index in [1.807, 2.05) is 63.1 Å². The number of aliphatic hydroxyl groups is 1. The van der Waals surface area contributed by atoms with Gasteiger partial charge < -0.3 is 5.11 Å². The minimum atomic E-state index is -0.300. The van der Waals surface area contributed by atoms with Crippen LogP contribution in [0.5, 0.6) is 0 Å². The molecule has 0 aliphatic heterocycles. The summed E-state index contributed by atoms with van der Waals surface area (Å²) < 4.78 is 0. The van der Waals surface area contributed by atoms with Gasteiger partial charge in [-0.1, -0.05) is 37.3 Å². The van der Waals surface area contributed by atoms with Crippen LogP contribution in [0, 0.1) is 5.92 Å². The van der Waals surface area contributed by atoms with Gasteiger partial charge in [-0.05, 0) is 20.9 Å². The van der Waals surface area contributed by atoms with Gasteiger partial charge in [-0.3, -0.25) is 9.69 Å². The second-order valence-electron chi connectivity index (χ2n) is 5.48. The van der Waals surface area contributed by atoms with Crippen molar-refractivity contribution in [2.45, 2.75) is 26.3 Å². The first kappa shape index (κ1) is 14.9. The van der Waals surface area contributed by atoms with Crippen LogP contribution in [0.25, 0.3) is 0 Å². The molecule has 1 unspecified atom stereocenters. The molecule has 0 saturated heterocycles. The first-order valence-electron chi connectivity index (χ1n) is 6.30. The fourth-order valence-corrected chi connectivity index (χ4v) is 1.75. The van der Waals surface area contributed by atoms with Crippen LogP contribution < -0.4 is 0 Å². The molecule has 1 aromatic carbocycles. The molecule has 0 aliphatic carbocycles. The highest BCUT2D eigenvalue weighted by Crippen LogP contribution is 2.16. The van der Waals surface area contributed by atoms with Crippen molar-refractivity contribution in [3.8, 4) is 0 Å². The lowest BCUT2D eigenvalue weighted by atomic mass is 9.96. The number of carbonyl (C=O) groups is 1. The lowest BCUT2D eigenvalue weighted by Gasteiger charge is -2.35. The van der Waals surface area contributed by atoms with Gasteiger partial charge in [0.25, 0.3) is 0 Å². The van der Waals surface area contributed by atoms with Crippen molar-refractivity contribution in [2.75, 3.05) is 20.2 Å². The van der Waals surface area contributed by atoms with Crippen molar-refractivity contribution in [3.05, 3.63) is 35.9 Å². The minimum absolute atomic E-state index is 0.0791. The molecule has 18 heavy (non-hydrogen) atoms. The molecule has 1 N–H and O–H groups in total. The Hall–Kier alpha value is -1.19. The number of benzene rings is 1. The summed E-state index contributed by atoms with van der Waals surface area (Å²) in [5.41, 5.74) is 0.450. The lowest BCUT2D eigenvalue weighted by molar-refractivity contribution is 0.0615. The zero-order chi connectivity index (χ0) is 13.8. The standard InChI is InChI=1S/C15H23NO2/c1-12(10-16(4)15(2,3)11-17)14(18)13-8-6-5-7-9-13/h5-9,12,17H,10-11H2,1-4H3. The normalized spacial score (nSPS) is 13.7. The van der Waals surface area contributed by atoms with Crippen molar-refractivity contribution in [3.63, 3.8) is 0 Å². The van der Waals surface area contributed by atoms with E-state index in [1.165, 1.54) is 0 Å². The lowest BCUT2D eigenvalue weighted by Crippen LogP contribution is -2.46. The topological polar surface area (TPSA) is 40.5 Å². The number of hydrogen-bond donors (Lipinski definition) is 1. The predicted molar refractivity (Wildman–Crippen MR) is 73.7 cm³/mol. The molecular weight excluding hydrogens is 226 g/mol. The molecule has 0 heterocycles. The van der Waals surface area contributed by atoms with Crippen molar-refractivity contribution < 1.29 is 9.90 Å². The molecule has 1 aromatic rings. The first-order valence-corrected chi connectivity index (χ1v) is 6.30. The molecule has 0 amide bonds. The molecule has 0 aromatic heterocycles. The van der Waals surface area contributed by atoms with E-state index in [0.717, 1.165) is 5.56 Å². The van der Waals surface area contributed by atoms with Crippen LogP contribution in [-0.2, 0) is 0 Å².